The molecule has 1 fully saturated rings. The number of hydrogen-bond acceptors (Lipinski definition) is 6. The molecule has 1 aliphatic rings. The number of rotatable bonds is 9. The first-order valence-corrected chi connectivity index (χ1v) is 15.8. The molecular weight excluding hydrogens is 575 g/mol. The van der Waals surface area contributed by atoms with E-state index in [1.807, 2.05) is 31.2 Å². The number of aromatic nitrogens is 3. The summed E-state index contributed by atoms with van der Waals surface area (Å²) in [6.07, 6.45) is 3.34. The molecule has 0 bridgehead atoms. The lowest BCUT2D eigenvalue weighted by Crippen LogP contribution is -2.11. The molecule has 0 amide bonds. The van der Waals surface area contributed by atoms with Crippen LogP contribution < -0.4 is 5.14 Å². The SMILES string of the molecule is Cc1ccc(-c2cc(-c3c(Cc4ccc(S(N)(=O)=O)cc4)c(CC4CC4)nn3-c3nc(C(=O)O)cs3)ccc2F)cc1. The Morgan fingerprint density at radius 1 is 1.07 bits per heavy atom. The number of benzene rings is 3. The number of hydrogen-bond donors (Lipinski definition) is 2. The number of primary sulfonamides is 1. The number of carboxylic acid groups (broad SMARTS) is 1. The summed E-state index contributed by atoms with van der Waals surface area (Å²) in [7, 11) is -3.84. The Hall–Kier alpha value is -4.19. The molecule has 2 heterocycles. The zero-order valence-electron chi connectivity index (χ0n) is 22.6. The molecule has 3 aromatic carbocycles. The summed E-state index contributed by atoms with van der Waals surface area (Å²) in [5, 5.41) is 21.6. The van der Waals surface area contributed by atoms with Gasteiger partial charge in [0.05, 0.1) is 16.3 Å². The van der Waals surface area contributed by atoms with Crippen LogP contribution in [0.1, 0.15) is 45.7 Å². The van der Waals surface area contributed by atoms with E-state index in [0.29, 0.717) is 34.3 Å². The zero-order valence-corrected chi connectivity index (χ0v) is 24.3. The fraction of sp³-hybridized carbons (Fsp3) is 0.194. The topological polar surface area (TPSA) is 128 Å². The van der Waals surface area contributed by atoms with E-state index in [-0.39, 0.29) is 16.4 Å². The van der Waals surface area contributed by atoms with Gasteiger partial charge in [0.25, 0.3) is 0 Å². The van der Waals surface area contributed by atoms with Crippen LogP contribution in [0.2, 0.25) is 0 Å². The number of carbonyl (C=O) groups is 1. The monoisotopic (exact) mass is 602 g/mol. The van der Waals surface area contributed by atoms with E-state index < -0.39 is 16.0 Å². The normalized spacial score (nSPS) is 13.4. The standard InChI is InChI=1S/C31H27FN4O4S2/c1-18-2-8-21(9-3-18)24-16-22(10-13-26(24)32)29-25(14-19-6-11-23(12-7-19)42(33,39)40)27(15-20-4-5-20)35-36(29)31-34-28(17-41-31)30(37)38/h2-3,6-13,16-17,20H,4-5,14-15H2,1H3,(H,37,38)(H2,33,39,40). The van der Waals surface area contributed by atoms with Gasteiger partial charge in [0.1, 0.15) is 5.82 Å². The molecule has 42 heavy (non-hydrogen) atoms. The van der Waals surface area contributed by atoms with Crippen molar-refractivity contribution in [2.24, 2.45) is 11.1 Å². The van der Waals surface area contributed by atoms with E-state index >= 15 is 4.39 Å². The van der Waals surface area contributed by atoms with Crippen LogP contribution in [0, 0.1) is 18.7 Å². The van der Waals surface area contributed by atoms with Crippen molar-refractivity contribution in [2.75, 3.05) is 0 Å². The summed E-state index contributed by atoms with van der Waals surface area (Å²) in [4.78, 5) is 16.0. The smallest absolute Gasteiger partial charge is 0.355 e. The third-order valence-electron chi connectivity index (χ3n) is 7.37. The van der Waals surface area contributed by atoms with Gasteiger partial charge in [-0.25, -0.2) is 32.4 Å². The van der Waals surface area contributed by atoms with Crippen molar-refractivity contribution in [2.45, 2.75) is 37.5 Å². The van der Waals surface area contributed by atoms with Crippen LogP contribution >= 0.6 is 11.3 Å². The largest absolute Gasteiger partial charge is 0.476 e. The van der Waals surface area contributed by atoms with Crippen molar-refractivity contribution in [3.8, 4) is 27.5 Å². The van der Waals surface area contributed by atoms with Gasteiger partial charge in [-0.15, -0.1) is 11.3 Å². The minimum atomic E-state index is -3.84. The first kappa shape index (κ1) is 28.0. The van der Waals surface area contributed by atoms with Crippen LogP contribution in [0.15, 0.2) is 77.0 Å². The van der Waals surface area contributed by atoms with Crippen LogP contribution in [0.3, 0.4) is 0 Å². The van der Waals surface area contributed by atoms with Crippen molar-refractivity contribution < 1.29 is 22.7 Å². The van der Waals surface area contributed by atoms with Crippen molar-refractivity contribution in [1.82, 2.24) is 14.8 Å². The third kappa shape index (κ3) is 5.76. The summed E-state index contributed by atoms with van der Waals surface area (Å²) < 4.78 is 40.5. The number of halogens is 1. The number of aromatic carboxylic acids is 1. The molecule has 0 unspecified atom stereocenters. The number of nitrogens with zero attached hydrogens (tertiary/aromatic N) is 3. The Morgan fingerprint density at radius 2 is 1.76 bits per heavy atom. The molecule has 11 heteroatoms. The number of sulfonamides is 1. The Labute approximate surface area is 246 Å². The molecule has 0 radical (unpaired) electrons. The highest BCUT2D eigenvalue weighted by Gasteiger charge is 2.29. The quantitative estimate of drug-likeness (QED) is 0.213. The van der Waals surface area contributed by atoms with Crippen LogP contribution in [-0.4, -0.2) is 34.3 Å². The van der Waals surface area contributed by atoms with Crippen molar-refractivity contribution in [3.05, 3.63) is 106 Å². The Bertz CT molecular complexity index is 1910. The number of nitrogens with two attached hydrogens (primary N) is 1. The number of carboxylic acids is 1. The molecule has 0 saturated heterocycles. The summed E-state index contributed by atoms with van der Waals surface area (Å²) in [6, 6.07) is 18.9. The van der Waals surface area contributed by atoms with Crippen LogP contribution in [0.4, 0.5) is 4.39 Å². The molecule has 0 atom stereocenters. The molecular formula is C31H27FN4O4S2. The van der Waals surface area contributed by atoms with Gasteiger partial charge < -0.3 is 5.11 Å². The molecule has 0 spiro atoms. The highest BCUT2D eigenvalue weighted by atomic mass is 32.2. The lowest BCUT2D eigenvalue weighted by molar-refractivity contribution is 0.0691. The highest BCUT2D eigenvalue weighted by molar-refractivity contribution is 7.89. The van der Waals surface area contributed by atoms with Crippen molar-refractivity contribution in [3.63, 3.8) is 0 Å². The van der Waals surface area contributed by atoms with Gasteiger partial charge in [-0.3, -0.25) is 0 Å². The summed E-state index contributed by atoms with van der Waals surface area (Å²) >= 11 is 1.17. The maximum absolute atomic E-state index is 15.2. The van der Waals surface area contributed by atoms with Gasteiger partial charge in [-0.1, -0.05) is 42.0 Å². The van der Waals surface area contributed by atoms with E-state index in [1.54, 1.807) is 28.9 Å². The third-order valence-corrected chi connectivity index (χ3v) is 9.12. The van der Waals surface area contributed by atoms with Crippen LogP contribution in [-0.2, 0) is 22.9 Å². The summed E-state index contributed by atoms with van der Waals surface area (Å²) in [5.74, 6) is -1.01. The molecule has 3 N–H and O–H groups in total. The molecule has 1 aliphatic carbocycles. The fourth-order valence-electron chi connectivity index (χ4n) is 4.96. The van der Waals surface area contributed by atoms with E-state index in [1.165, 1.54) is 34.9 Å². The second-order valence-corrected chi connectivity index (χ2v) is 13.0. The maximum Gasteiger partial charge on any atom is 0.355 e. The summed E-state index contributed by atoms with van der Waals surface area (Å²) in [5.41, 5.74) is 6.09. The molecule has 8 nitrogen and oxygen atoms in total. The predicted octanol–water partition coefficient (Wildman–Crippen LogP) is 6.00. The lowest BCUT2D eigenvalue weighted by Gasteiger charge is -2.12. The average molecular weight is 603 g/mol. The predicted molar refractivity (Wildman–Crippen MR) is 159 cm³/mol. The van der Waals surface area contributed by atoms with E-state index in [2.05, 4.69) is 4.98 Å². The molecule has 2 aromatic heterocycles. The first-order valence-electron chi connectivity index (χ1n) is 13.4. The first-order chi connectivity index (χ1) is 20.1. The maximum atomic E-state index is 15.2. The molecule has 1 saturated carbocycles. The second-order valence-electron chi connectivity index (χ2n) is 10.6. The number of thiazole rings is 1. The molecule has 5 aromatic rings. The Kier molecular flexibility index (Phi) is 7.25. The zero-order chi connectivity index (χ0) is 29.6. The number of aryl methyl sites for hydroxylation is 1. The minimum Gasteiger partial charge on any atom is -0.476 e. The van der Waals surface area contributed by atoms with Gasteiger partial charge in [0, 0.05) is 28.5 Å². The fourth-order valence-corrected chi connectivity index (χ4v) is 6.23. The van der Waals surface area contributed by atoms with E-state index in [4.69, 9.17) is 10.2 Å². The average Bonchev–Trinajstić information content (AvgIpc) is 3.50. The van der Waals surface area contributed by atoms with Gasteiger partial charge in [0.2, 0.25) is 15.2 Å². The van der Waals surface area contributed by atoms with E-state index in [9.17, 15) is 18.3 Å². The van der Waals surface area contributed by atoms with Crippen LogP contribution in [0.5, 0.6) is 0 Å². The highest BCUT2D eigenvalue weighted by Crippen LogP contribution is 2.39. The van der Waals surface area contributed by atoms with Crippen molar-refractivity contribution in [1.29, 1.82) is 0 Å². The van der Waals surface area contributed by atoms with Gasteiger partial charge >= 0.3 is 5.97 Å². The molecule has 214 valence electrons. The lowest BCUT2D eigenvalue weighted by atomic mass is 9.94. The molecule has 0 aliphatic heterocycles. The van der Waals surface area contributed by atoms with E-state index in [0.717, 1.165) is 47.2 Å². The van der Waals surface area contributed by atoms with Gasteiger partial charge in [0.15, 0.2) is 5.69 Å². The minimum absolute atomic E-state index is 0.0191. The van der Waals surface area contributed by atoms with Crippen LogP contribution in [0.25, 0.3) is 27.5 Å². The Morgan fingerprint density at radius 3 is 2.38 bits per heavy atom. The summed E-state index contributed by atoms with van der Waals surface area (Å²) in [6.45, 7) is 1.97. The Balaban J connectivity index is 1.54. The van der Waals surface area contributed by atoms with Gasteiger partial charge in [-0.2, -0.15) is 5.10 Å². The second kappa shape index (κ2) is 10.9. The molecule has 6 rings (SSSR count). The van der Waals surface area contributed by atoms with Crippen molar-refractivity contribution >= 4 is 27.3 Å². The van der Waals surface area contributed by atoms with Gasteiger partial charge in [-0.05, 0) is 73.6 Å².